The first-order chi connectivity index (χ1) is 7.22. The van der Waals surface area contributed by atoms with Gasteiger partial charge in [-0.3, -0.25) is 0 Å². The lowest BCUT2D eigenvalue weighted by Crippen LogP contribution is -1.99. The monoisotopic (exact) mass is 213 g/mol. The molecule has 0 spiro atoms. The van der Waals surface area contributed by atoms with Crippen molar-refractivity contribution in [2.24, 2.45) is 0 Å². The van der Waals surface area contributed by atoms with Crippen LogP contribution in [0.4, 0.5) is 8.78 Å². The number of rotatable bonds is 4. The molecule has 5 heteroatoms. The maximum atomic E-state index is 12.4. The molecule has 0 fully saturated rings. The van der Waals surface area contributed by atoms with Gasteiger partial charge in [-0.05, 0) is 6.07 Å². The molecule has 0 aromatic heterocycles. The first kappa shape index (κ1) is 10.1. The van der Waals surface area contributed by atoms with E-state index in [2.05, 4.69) is 9.88 Å². The van der Waals surface area contributed by atoms with Crippen molar-refractivity contribution in [2.45, 2.75) is 6.43 Å². The Kier molecular flexibility index (Phi) is 2.66. The van der Waals surface area contributed by atoms with Gasteiger partial charge in [0.05, 0.1) is 19.0 Å². The quantitative estimate of drug-likeness (QED) is 0.567. The van der Waals surface area contributed by atoms with Gasteiger partial charge in [0.2, 0.25) is 0 Å². The minimum absolute atomic E-state index is 0.00216. The minimum Gasteiger partial charge on any atom is -0.216 e. The fourth-order valence-corrected chi connectivity index (χ4v) is 1.26. The number of nitrogens with zero attached hydrogens (tertiary/aromatic N) is 1. The summed E-state index contributed by atoms with van der Waals surface area (Å²) in [5.74, 6) is 0. The molecule has 0 amide bonds. The molecule has 2 rings (SSSR count). The van der Waals surface area contributed by atoms with E-state index in [1.807, 2.05) is 0 Å². The molecule has 1 aliphatic heterocycles. The van der Waals surface area contributed by atoms with Crippen molar-refractivity contribution in [3.05, 3.63) is 41.6 Å². The van der Waals surface area contributed by atoms with Gasteiger partial charge in [-0.2, -0.15) is 5.06 Å². The van der Waals surface area contributed by atoms with Crippen molar-refractivity contribution >= 4 is 5.70 Å². The van der Waals surface area contributed by atoms with Crippen molar-refractivity contribution in [2.75, 3.05) is 7.11 Å². The van der Waals surface area contributed by atoms with E-state index in [0.29, 0.717) is 5.56 Å². The summed E-state index contributed by atoms with van der Waals surface area (Å²) in [6, 6.07) is 6.13. The van der Waals surface area contributed by atoms with Crippen LogP contribution in [0.15, 0.2) is 30.5 Å². The topological polar surface area (TPSA) is 21.5 Å². The van der Waals surface area contributed by atoms with Crippen LogP contribution in [0, 0.1) is 0 Å². The number of hydrogen-bond acceptors (Lipinski definition) is 3. The lowest BCUT2D eigenvalue weighted by molar-refractivity contribution is -0.362. The van der Waals surface area contributed by atoms with Crippen LogP contribution in [0.3, 0.4) is 0 Å². The normalized spacial score (nSPS) is 14.4. The summed E-state index contributed by atoms with van der Waals surface area (Å²) in [6.07, 6.45) is -0.810. The fourth-order valence-electron chi connectivity index (χ4n) is 1.26. The van der Waals surface area contributed by atoms with E-state index in [-0.39, 0.29) is 5.56 Å². The smallest absolute Gasteiger partial charge is 0.216 e. The van der Waals surface area contributed by atoms with E-state index < -0.39 is 6.43 Å². The van der Waals surface area contributed by atoms with Crippen molar-refractivity contribution < 1.29 is 18.7 Å². The molecule has 0 unspecified atom stereocenters. The molecule has 0 atom stereocenters. The van der Waals surface area contributed by atoms with Crippen LogP contribution in [0.1, 0.15) is 17.6 Å². The summed E-state index contributed by atoms with van der Waals surface area (Å²) in [5, 5.41) is 1.37. The van der Waals surface area contributed by atoms with Gasteiger partial charge >= 0.3 is 0 Å². The SMILES string of the molecule is COON1C=C1c1cccc(C(F)F)c1. The highest BCUT2D eigenvalue weighted by atomic mass is 19.3. The fraction of sp³-hybridized carbons (Fsp3) is 0.200. The van der Waals surface area contributed by atoms with E-state index in [4.69, 9.17) is 0 Å². The molecule has 0 saturated carbocycles. The molecule has 0 radical (unpaired) electrons. The van der Waals surface area contributed by atoms with E-state index in [1.165, 1.54) is 24.3 Å². The van der Waals surface area contributed by atoms with Gasteiger partial charge in [0.1, 0.15) is 0 Å². The standard InChI is InChI=1S/C10H9F2NO2/c1-14-15-13-6-9(13)7-3-2-4-8(5-7)10(11)12/h2-6,10H,1H3. The zero-order valence-corrected chi connectivity index (χ0v) is 7.98. The summed E-state index contributed by atoms with van der Waals surface area (Å²) in [5.41, 5.74) is 1.40. The average molecular weight is 213 g/mol. The molecular weight excluding hydrogens is 204 g/mol. The van der Waals surface area contributed by atoms with Gasteiger partial charge in [-0.25, -0.2) is 13.7 Å². The molecule has 1 aliphatic rings. The predicted octanol–water partition coefficient (Wildman–Crippen LogP) is 2.73. The minimum atomic E-state index is -2.46. The lowest BCUT2D eigenvalue weighted by atomic mass is 10.1. The Morgan fingerprint density at radius 2 is 2.13 bits per heavy atom. The maximum absolute atomic E-state index is 12.4. The molecular formula is C10H9F2NO2. The highest BCUT2D eigenvalue weighted by Crippen LogP contribution is 2.33. The zero-order chi connectivity index (χ0) is 10.8. The molecule has 0 saturated heterocycles. The van der Waals surface area contributed by atoms with E-state index in [1.54, 1.807) is 18.3 Å². The highest BCUT2D eigenvalue weighted by molar-refractivity contribution is 5.73. The average Bonchev–Trinajstić information content (AvgIpc) is 2.98. The predicted molar refractivity (Wildman–Crippen MR) is 49.3 cm³/mol. The Bertz CT molecular complexity index is 393. The molecule has 15 heavy (non-hydrogen) atoms. The summed E-state index contributed by atoms with van der Waals surface area (Å²) in [7, 11) is 1.37. The number of alkyl halides is 2. The van der Waals surface area contributed by atoms with Crippen LogP contribution in [-0.2, 0) is 9.88 Å². The summed E-state index contributed by atoms with van der Waals surface area (Å²) >= 11 is 0. The second-order valence-electron chi connectivity index (χ2n) is 3.01. The van der Waals surface area contributed by atoms with Gasteiger partial charge in [-0.15, -0.1) is 4.99 Å². The Labute approximate surface area is 85.4 Å². The van der Waals surface area contributed by atoms with Gasteiger partial charge < -0.3 is 0 Å². The first-order valence-corrected chi connectivity index (χ1v) is 4.32. The van der Waals surface area contributed by atoms with Crippen LogP contribution in [-0.4, -0.2) is 12.2 Å². The lowest BCUT2D eigenvalue weighted by Gasteiger charge is -2.04. The van der Waals surface area contributed by atoms with Gasteiger partial charge in [0.15, 0.2) is 0 Å². The van der Waals surface area contributed by atoms with Gasteiger partial charge in [0, 0.05) is 11.1 Å². The van der Waals surface area contributed by atoms with Crippen molar-refractivity contribution in [3.8, 4) is 0 Å². The highest BCUT2D eigenvalue weighted by Gasteiger charge is 2.25. The third kappa shape index (κ3) is 2.14. The van der Waals surface area contributed by atoms with Gasteiger partial charge in [0.25, 0.3) is 6.43 Å². The molecule has 0 bridgehead atoms. The number of hydroxylamine groups is 2. The Hall–Kier alpha value is -1.46. The van der Waals surface area contributed by atoms with E-state index >= 15 is 0 Å². The molecule has 1 aromatic carbocycles. The Balaban J connectivity index is 2.10. The van der Waals surface area contributed by atoms with Gasteiger partial charge in [-0.1, -0.05) is 18.2 Å². The number of benzene rings is 1. The molecule has 0 aliphatic carbocycles. The number of halogens is 2. The van der Waals surface area contributed by atoms with E-state index in [0.717, 1.165) is 5.70 Å². The zero-order valence-electron chi connectivity index (χ0n) is 7.98. The molecule has 0 N–H and O–H groups in total. The van der Waals surface area contributed by atoms with Crippen molar-refractivity contribution in [3.63, 3.8) is 0 Å². The van der Waals surface area contributed by atoms with Crippen LogP contribution in [0.2, 0.25) is 0 Å². The largest absolute Gasteiger partial charge is 0.263 e. The van der Waals surface area contributed by atoms with Crippen LogP contribution in [0.5, 0.6) is 0 Å². The second kappa shape index (κ2) is 3.96. The van der Waals surface area contributed by atoms with E-state index in [9.17, 15) is 8.78 Å². The van der Waals surface area contributed by atoms with Crippen LogP contribution < -0.4 is 0 Å². The summed E-state index contributed by atoms with van der Waals surface area (Å²) < 4.78 is 24.8. The van der Waals surface area contributed by atoms with Crippen molar-refractivity contribution in [1.82, 2.24) is 5.06 Å². The van der Waals surface area contributed by atoms with Crippen LogP contribution >= 0.6 is 0 Å². The first-order valence-electron chi connectivity index (χ1n) is 4.32. The molecule has 80 valence electrons. The molecule has 3 nitrogen and oxygen atoms in total. The summed E-state index contributed by atoms with van der Waals surface area (Å²) in [4.78, 5) is 9.09. The number of hydrogen-bond donors (Lipinski definition) is 0. The Morgan fingerprint density at radius 3 is 2.80 bits per heavy atom. The third-order valence-electron chi connectivity index (χ3n) is 2.00. The Morgan fingerprint density at radius 1 is 1.33 bits per heavy atom. The second-order valence-corrected chi connectivity index (χ2v) is 3.01. The molecule has 1 heterocycles. The molecule has 1 aromatic rings. The third-order valence-corrected chi connectivity index (χ3v) is 2.00. The van der Waals surface area contributed by atoms with Crippen molar-refractivity contribution in [1.29, 1.82) is 0 Å². The van der Waals surface area contributed by atoms with Crippen LogP contribution in [0.25, 0.3) is 5.70 Å². The summed E-state index contributed by atoms with van der Waals surface area (Å²) in [6.45, 7) is 0. The maximum Gasteiger partial charge on any atom is 0.263 e.